The van der Waals surface area contributed by atoms with Gasteiger partial charge in [-0.05, 0) is 51.3 Å². The summed E-state index contributed by atoms with van der Waals surface area (Å²) in [6.07, 6.45) is 0.269. The minimum atomic E-state index is -4.58. The monoisotopic (exact) mass is 595 g/mol. The highest BCUT2D eigenvalue weighted by Gasteiger charge is 2.37. The van der Waals surface area contributed by atoms with Crippen molar-refractivity contribution in [2.75, 3.05) is 19.1 Å². The first-order chi connectivity index (χ1) is 20.5. The van der Waals surface area contributed by atoms with E-state index in [9.17, 15) is 18.0 Å². The summed E-state index contributed by atoms with van der Waals surface area (Å²) < 4.78 is 55.1. The minimum absolute atomic E-state index is 0.0710. The number of alkyl halides is 3. The van der Waals surface area contributed by atoms with Crippen molar-refractivity contribution in [1.82, 2.24) is 29.3 Å². The second-order valence-electron chi connectivity index (χ2n) is 11.1. The number of carbonyl (C=O) groups is 1. The molecule has 1 fully saturated rings. The summed E-state index contributed by atoms with van der Waals surface area (Å²) in [6, 6.07) is 6.39. The molecule has 226 valence electrons. The molecule has 0 saturated heterocycles. The fourth-order valence-corrected chi connectivity index (χ4v) is 5.62. The number of ether oxygens (including phenoxy) is 2. The van der Waals surface area contributed by atoms with Crippen LogP contribution in [-0.2, 0) is 17.5 Å². The highest BCUT2D eigenvalue weighted by atomic mass is 19.4. The summed E-state index contributed by atoms with van der Waals surface area (Å²) in [6.45, 7) is 5.90. The number of fused-ring (bicyclic) bond motifs is 1. The molecule has 1 saturated carbocycles. The Morgan fingerprint density at radius 3 is 2.47 bits per heavy atom. The SMILES string of the molecule is COc1cc([C@H](C)N2C(=O)CCn3nc(-c4c(OC)ncnc4C4CC4)cc32)ccc1-c1nc(C(F)(F)F)cn1C(C)C. The third kappa shape index (κ3) is 5.10. The van der Waals surface area contributed by atoms with Crippen LogP contribution >= 0.6 is 0 Å². The molecule has 4 aromatic rings. The van der Waals surface area contributed by atoms with Gasteiger partial charge in [-0.2, -0.15) is 18.3 Å². The number of aryl methyl sites for hydroxylation is 1. The summed E-state index contributed by atoms with van der Waals surface area (Å²) in [5.74, 6) is 1.82. The first-order valence-corrected chi connectivity index (χ1v) is 14.1. The van der Waals surface area contributed by atoms with Crippen molar-refractivity contribution >= 4 is 11.7 Å². The third-order valence-electron chi connectivity index (χ3n) is 7.98. The Kier molecular flexibility index (Phi) is 7.13. The van der Waals surface area contributed by atoms with Gasteiger partial charge in [0.15, 0.2) is 5.69 Å². The molecule has 0 N–H and O–H groups in total. The van der Waals surface area contributed by atoms with Crippen LogP contribution in [0.2, 0.25) is 0 Å². The average Bonchev–Trinajstić information content (AvgIpc) is 3.57. The Morgan fingerprint density at radius 2 is 1.81 bits per heavy atom. The average molecular weight is 596 g/mol. The lowest BCUT2D eigenvalue weighted by Gasteiger charge is -2.33. The molecule has 0 radical (unpaired) electrons. The van der Waals surface area contributed by atoms with Gasteiger partial charge in [0.25, 0.3) is 0 Å². The predicted octanol–water partition coefficient (Wildman–Crippen LogP) is 6.20. The topological polar surface area (TPSA) is 100 Å². The number of nitrogens with zero attached hydrogens (tertiary/aromatic N) is 7. The maximum Gasteiger partial charge on any atom is 0.434 e. The number of hydrogen-bond donors (Lipinski definition) is 0. The summed E-state index contributed by atoms with van der Waals surface area (Å²) in [4.78, 5) is 27.8. The van der Waals surface area contributed by atoms with E-state index in [1.807, 2.05) is 13.0 Å². The molecule has 0 bridgehead atoms. The number of hydrogen-bond acceptors (Lipinski definition) is 7. The first kappa shape index (κ1) is 28.7. The molecule has 13 heteroatoms. The van der Waals surface area contributed by atoms with Crippen LogP contribution in [0.25, 0.3) is 22.6 Å². The number of amides is 1. The Morgan fingerprint density at radius 1 is 1.05 bits per heavy atom. The Bertz CT molecular complexity index is 1690. The maximum atomic E-state index is 13.5. The number of carbonyl (C=O) groups excluding carboxylic acids is 1. The Balaban J connectivity index is 1.38. The Hall–Kier alpha value is -4.42. The molecule has 1 amide bonds. The van der Waals surface area contributed by atoms with Crippen molar-refractivity contribution in [3.8, 4) is 34.3 Å². The maximum absolute atomic E-state index is 13.5. The second-order valence-corrected chi connectivity index (χ2v) is 11.1. The van der Waals surface area contributed by atoms with Gasteiger partial charge in [0.2, 0.25) is 11.8 Å². The molecule has 1 aliphatic carbocycles. The van der Waals surface area contributed by atoms with E-state index < -0.39 is 17.9 Å². The number of methoxy groups -OCH3 is 2. The van der Waals surface area contributed by atoms with Gasteiger partial charge < -0.3 is 14.0 Å². The molecule has 2 aliphatic rings. The molecule has 1 atom stereocenters. The molecule has 4 heterocycles. The zero-order valence-electron chi connectivity index (χ0n) is 24.5. The molecule has 0 unspecified atom stereocenters. The van der Waals surface area contributed by atoms with E-state index in [2.05, 4.69) is 15.0 Å². The number of anilines is 1. The van der Waals surface area contributed by atoms with Gasteiger partial charge in [-0.15, -0.1) is 0 Å². The van der Waals surface area contributed by atoms with Gasteiger partial charge in [0.05, 0.1) is 43.6 Å². The van der Waals surface area contributed by atoms with Crippen molar-refractivity contribution in [2.45, 2.75) is 70.8 Å². The summed E-state index contributed by atoms with van der Waals surface area (Å²) in [5.41, 5.74) is 2.45. The van der Waals surface area contributed by atoms with E-state index in [4.69, 9.17) is 14.6 Å². The van der Waals surface area contributed by atoms with Gasteiger partial charge in [0.1, 0.15) is 29.4 Å². The van der Waals surface area contributed by atoms with Crippen LogP contribution in [0.1, 0.15) is 75.0 Å². The largest absolute Gasteiger partial charge is 0.496 e. The standard InChI is InChI=1S/C30H32F3N7O3/c1-16(2)38-14-23(30(31,32)33)36-28(38)20-9-8-19(12-22(20)42-4)17(3)40-24-13-21(37-39(24)11-10-25(40)41)26-27(18-6-7-18)34-15-35-29(26)43-5/h8-9,12-18H,6-7,10-11H2,1-5H3/t17-/m0/s1. The van der Waals surface area contributed by atoms with Gasteiger partial charge in [-0.3, -0.25) is 9.69 Å². The van der Waals surface area contributed by atoms with Crippen molar-refractivity contribution < 1.29 is 27.4 Å². The quantitative estimate of drug-likeness (QED) is 0.239. The number of imidazole rings is 1. The van der Waals surface area contributed by atoms with E-state index in [1.54, 1.807) is 48.7 Å². The van der Waals surface area contributed by atoms with Crippen molar-refractivity contribution in [1.29, 1.82) is 0 Å². The van der Waals surface area contributed by atoms with Crippen LogP contribution in [-0.4, -0.2) is 49.4 Å². The van der Waals surface area contributed by atoms with Gasteiger partial charge >= 0.3 is 6.18 Å². The van der Waals surface area contributed by atoms with Crippen molar-refractivity contribution in [3.63, 3.8) is 0 Å². The van der Waals surface area contributed by atoms with E-state index in [1.165, 1.54) is 18.0 Å². The van der Waals surface area contributed by atoms with Crippen LogP contribution in [0.15, 0.2) is 36.8 Å². The molecule has 10 nitrogen and oxygen atoms in total. The number of benzene rings is 1. The van der Waals surface area contributed by atoms with Crippen LogP contribution in [0, 0.1) is 0 Å². The molecular weight excluding hydrogens is 563 g/mol. The van der Waals surface area contributed by atoms with Gasteiger partial charge in [0, 0.05) is 30.6 Å². The lowest BCUT2D eigenvalue weighted by molar-refractivity contribution is -0.141. The smallest absolute Gasteiger partial charge is 0.434 e. The fourth-order valence-electron chi connectivity index (χ4n) is 5.62. The lowest BCUT2D eigenvalue weighted by Crippen LogP contribution is -2.39. The van der Waals surface area contributed by atoms with Crippen LogP contribution in [0.3, 0.4) is 0 Å². The summed E-state index contributed by atoms with van der Waals surface area (Å²) >= 11 is 0. The van der Waals surface area contributed by atoms with E-state index >= 15 is 0 Å². The highest BCUT2D eigenvalue weighted by molar-refractivity contribution is 5.95. The number of halogens is 3. The van der Waals surface area contributed by atoms with Crippen LogP contribution in [0.4, 0.5) is 19.0 Å². The lowest BCUT2D eigenvalue weighted by atomic mass is 10.0. The molecule has 43 heavy (non-hydrogen) atoms. The molecule has 3 aromatic heterocycles. The van der Waals surface area contributed by atoms with E-state index in [-0.39, 0.29) is 24.2 Å². The van der Waals surface area contributed by atoms with Crippen molar-refractivity contribution in [2.24, 2.45) is 0 Å². The molecule has 1 aromatic carbocycles. The fraction of sp³-hybridized carbons (Fsp3) is 0.433. The highest BCUT2D eigenvalue weighted by Crippen LogP contribution is 2.46. The molecular formula is C30H32F3N7O3. The normalized spacial score (nSPS) is 16.0. The number of aromatic nitrogens is 6. The second kappa shape index (κ2) is 10.7. The van der Waals surface area contributed by atoms with E-state index in [0.717, 1.165) is 35.9 Å². The molecule has 1 aliphatic heterocycles. The summed E-state index contributed by atoms with van der Waals surface area (Å²) in [7, 11) is 3.02. The third-order valence-corrected chi connectivity index (χ3v) is 7.98. The number of rotatable bonds is 8. The van der Waals surface area contributed by atoms with E-state index in [0.29, 0.717) is 41.2 Å². The molecule has 6 rings (SSSR count). The van der Waals surface area contributed by atoms with Crippen LogP contribution < -0.4 is 14.4 Å². The zero-order chi connectivity index (χ0) is 30.6. The minimum Gasteiger partial charge on any atom is -0.496 e. The van der Waals surface area contributed by atoms with Gasteiger partial charge in [-0.25, -0.2) is 19.6 Å². The summed E-state index contributed by atoms with van der Waals surface area (Å²) in [5, 5.41) is 4.83. The predicted molar refractivity (Wildman–Crippen MR) is 152 cm³/mol. The van der Waals surface area contributed by atoms with Gasteiger partial charge in [-0.1, -0.05) is 6.07 Å². The zero-order valence-corrected chi connectivity index (χ0v) is 24.5. The first-order valence-electron chi connectivity index (χ1n) is 14.1. The van der Waals surface area contributed by atoms with Crippen molar-refractivity contribution in [3.05, 3.63) is 53.7 Å². The molecule has 0 spiro atoms. The Labute approximate surface area is 246 Å². The van der Waals surface area contributed by atoms with Crippen LogP contribution in [0.5, 0.6) is 11.6 Å².